The number of hydrogen-bond acceptors (Lipinski definition) is 4. The number of para-hydroxylation sites is 1. The number of allylic oxidation sites excluding steroid dienone is 2. The van der Waals surface area contributed by atoms with Crippen LogP contribution in [0.15, 0.2) is 60.9 Å². The molecular formula is C24H40N2O2. The molecule has 2 rings (SSSR count). The average molecular weight is 389 g/mol. The molecule has 1 aliphatic carbocycles. The van der Waals surface area contributed by atoms with Crippen molar-refractivity contribution in [2.45, 2.75) is 53.0 Å². The van der Waals surface area contributed by atoms with Gasteiger partial charge in [-0.15, -0.1) is 0 Å². The van der Waals surface area contributed by atoms with Crippen LogP contribution >= 0.6 is 0 Å². The molecule has 1 fully saturated rings. The van der Waals surface area contributed by atoms with Crippen LogP contribution in [0, 0.1) is 11.8 Å². The number of rotatable bonds is 7. The highest BCUT2D eigenvalue weighted by atomic mass is 16.3. The minimum absolute atomic E-state index is 0.0115. The van der Waals surface area contributed by atoms with Gasteiger partial charge < -0.3 is 21.3 Å². The van der Waals surface area contributed by atoms with E-state index in [0.717, 1.165) is 30.5 Å². The molecule has 0 atom stereocenters. The standard InChI is InChI=1S/C15H23NO.C7H11NO.C2H6/c1-12-6-8-13(9-7-12)10-16-11-14-4-2-3-5-15(14)17;1-3-4-7(5-8)6(2)9;1-2/h2-5,12-13,16-17H,6-11H2,1H3;3-4,9H,1-2,5,8H2;1-2H3/b;7-4-;. The van der Waals surface area contributed by atoms with Gasteiger partial charge in [-0.1, -0.05) is 77.1 Å². The molecule has 5 N–H and O–H groups in total. The predicted octanol–water partition coefficient (Wildman–Crippen LogP) is 5.46. The molecular weight excluding hydrogens is 348 g/mol. The van der Waals surface area contributed by atoms with E-state index in [-0.39, 0.29) is 5.76 Å². The molecule has 1 aromatic carbocycles. The van der Waals surface area contributed by atoms with Crippen LogP contribution < -0.4 is 11.1 Å². The molecule has 0 bridgehead atoms. The summed E-state index contributed by atoms with van der Waals surface area (Å²) in [5, 5.41) is 21.9. The normalized spacial score (nSPS) is 18.8. The summed E-state index contributed by atoms with van der Waals surface area (Å²) < 4.78 is 0. The maximum Gasteiger partial charge on any atom is 0.120 e. The van der Waals surface area contributed by atoms with Gasteiger partial charge in [0.1, 0.15) is 11.5 Å². The molecule has 1 saturated carbocycles. The number of aromatic hydroxyl groups is 1. The molecule has 4 heteroatoms. The largest absolute Gasteiger partial charge is 0.508 e. The van der Waals surface area contributed by atoms with Crippen molar-refractivity contribution in [2.24, 2.45) is 17.6 Å². The maximum absolute atomic E-state index is 9.64. The van der Waals surface area contributed by atoms with Crippen LogP contribution in [0.1, 0.15) is 52.0 Å². The van der Waals surface area contributed by atoms with Gasteiger partial charge in [0.05, 0.1) is 0 Å². The van der Waals surface area contributed by atoms with Crippen LogP contribution in [0.4, 0.5) is 0 Å². The van der Waals surface area contributed by atoms with Gasteiger partial charge in [-0.3, -0.25) is 0 Å². The first kappa shape index (κ1) is 26.0. The van der Waals surface area contributed by atoms with E-state index in [9.17, 15) is 5.11 Å². The van der Waals surface area contributed by atoms with Gasteiger partial charge >= 0.3 is 0 Å². The number of phenols is 1. The number of hydrogen-bond donors (Lipinski definition) is 4. The third kappa shape index (κ3) is 11.0. The van der Waals surface area contributed by atoms with Gasteiger partial charge in [-0.25, -0.2) is 0 Å². The molecule has 0 aliphatic heterocycles. The fourth-order valence-corrected chi connectivity index (χ4v) is 3.03. The highest BCUT2D eigenvalue weighted by molar-refractivity contribution is 5.31. The Morgan fingerprint density at radius 2 is 1.82 bits per heavy atom. The van der Waals surface area contributed by atoms with Gasteiger partial charge in [0.25, 0.3) is 0 Å². The van der Waals surface area contributed by atoms with E-state index in [4.69, 9.17) is 10.8 Å². The molecule has 1 aliphatic rings. The summed E-state index contributed by atoms with van der Waals surface area (Å²) in [5.74, 6) is 2.16. The molecule has 1 aromatic rings. The van der Waals surface area contributed by atoms with Crippen molar-refractivity contribution in [3.8, 4) is 5.75 Å². The topological polar surface area (TPSA) is 78.5 Å². The summed E-state index contributed by atoms with van der Waals surface area (Å²) in [6, 6.07) is 7.56. The molecule has 0 unspecified atom stereocenters. The third-order valence-electron chi connectivity index (χ3n) is 4.79. The van der Waals surface area contributed by atoms with Crippen LogP contribution in [0.3, 0.4) is 0 Å². The molecule has 28 heavy (non-hydrogen) atoms. The highest BCUT2D eigenvalue weighted by Crippen LogP contribution is 2.27. The van der Waals surface area contributed by atoms with E-state index in [1.165, 1.54) is 25.7 Å². The van der Waals surface area contributed by atoms with Crippen molar-refractivity contribution in [1.82, 2.24) is 5.32 Å². The molecule has 4 nitrogen and oxygen atoms in total. The quantitative estimate of drug-likeness (QED) is 0.369. The molecule has 0 saturated heterocycles. The first-order valence-electron chi connectivity index (χ1n) is 10.3. The summed E-state index contributed by atoms with van der Waals surface area (Å²) in [4.78, 5) is 0. The van der Waals surface area contributed by atoms with Gasteiger partial charge in [-0.05, 0) is 37.3 Å². The van der Waals surface area contributed by atoms with Crippen LogP contribution in [-0.4, -0.2) is 23.3 Å². The van der Waals surface area contributed by atoms with Crippen LogP contribution in [0.5, 0.6) is 5.75 Å². The fourth-order valence-electron chi connectivity index (χ4n) is 3.03. The van der Waals surface area contributed by atoms with Gasteiger partial charge in [0, 0.05) is 24.2 Å². The van der Waals surface area contributed by atoms with Gasteiger partial charge in [0.2, 0.25) is 0 Å². The van der Waals surface area contributed by atoms with Crippen LogP contribution in [-0.2, 0) is 6.54 Å². The smallest absolute Gasteiger partial charge is 0.120 e. The molecule has 0 radical (unpaired) electrons. The van der Waals surface area contributed by atoms with Crippen molar-refractivity contribution in [2.75, 3.05) is 13.1 Å². The number of nitrogens with one attached hydrogen (secondary N) is 1. The minimum Gasteiger partial charge on any atom is -0.508 e. The Morgan fingerprint density at radius 1 is 1.21 bits per heavy atom. The maximum atomic E-state index is 9.64. The van der Waals surface area contributed by atoms with Crippen LogP contribution in [0.2, 0.25) is 0 Å². The molecule has 0 aromatic heterocycles. The Hall–Kier alpha value is -2.04. The Morgan fingerprint density at radius 3 is 2.29 bits per heavy atom. The van der Waals surface area contributed by atoms with E-state index in [2.05, 4.69) is 25.4 Å². The van der Waals surface area contributed by atoms with E-state index in [1.807, 2.05) is 32.0 Å². The number of benzene rings is 1. The zero-order chi connectivity index (χ0) is 21.4. The summed E-state index contributed by atoms with van der Waals surface area (Å²) in [6.45, 7) is 15.3. The number of aliphatic hydroxyl groups is 1. The van der Waals surface area contributed by atoms with Crippen LogP contribution in [0.25, 0.3) is 0 Å². The van der Waals surface area contributed by atoms with Crippen molar-refractivity contribution < 1.29 is 10.2 Å². The Balaban J connectivity index is 0.000000566. The molecule has 158 valence electrons. The van der Waals surface area contributed by atoms with Crippen molar-refractivity contribution in [3.05, 3.63) is 66.5 Å². The zero-order valence-electron chi connectivity index (χ0n) is 18.0. The second kappa shape index (κ2) is 16.0. The lowest BCUT2D eigenvalue weighted by Crippen LogP contribution is -2.25. The van der Waals surface area contributed by atoms with Gasteiger partial charge in [-0.2, -0.15) is 0 Å². The fraction of sp³-hybridized carbons (Fsp3) is 0.500. The lowest BCUT2D eigenvalue weighted by Gasteiger charge is -2.26. The lowest BCUT2D eigenvalue weighted by molar-refractivity contribution is 0.281. The number of aliphatic hydroxyl groups excluding tert-OH is 1. The Labute approximate surface area is 171 Å². The zero-order valence-corrected chi connectivity index (χ0v) is 18.0. The average Bonchev–Trinajstić information content (AvgIpc) is 2.71. The lowest BCUT2D eigenvalue weighted by atomic mass is 9.83. The second-order valence-corrected chi connectivity index (χ2v) is 6.96. The monoisotopic (exact) mass is 388 g/mol. The van der Waals surface area contributed by atoms with E-state index in [0.29, 0.717) is 17.9 Å². The summed E-state index contributed by atoms with van der Waals surface area (Å²) in [6.07, 6.45) is 8.65. The highest BCUT2D eigenvalue weighted by Gasteiger charge is 2.17. The first-order valence-corrected chi connectivity index (χ1v) is 10.3. The second-order valence-electron chi connectivity index (χ2n) is 6.96. The number of nitrogens with two attached hydrogens (primary N) is 1. The summed E-state index contributed by atoms with van der Waals surface area (Å²) >= 11 is 0. The van der Waals surface area contributed by atoms with Crippen molar-refractivity contribution >= 4 is 0 Å². The summed E-state index contributed by atoms with van der Waals surface area (Å²) in [7, 11) is 0. The Kier molecular flexibility index (Phi) is 14.8. The SMILES string of the molecule is C=C/C=C(/CN)C(=C)O.CC.CC1CCC(CNCc2ccccc2O)CC1. The van der Waals surface area contributed by atoms with Gasteiger partial charge in [0.15, 0.2) is 0 Å². The van der Waals surface area contributed by atoms with E-state index in [1.54, 1.807) is 18.2 Å². The third-order valence-corrected chi connectivity index (χ3v) is 4.79. The predicted molar refractivity (Wildman–Crippen MR) is 121 cm³/mol. The van der Waals surface area contributed by atoms with E-state index >= 15 is 0 Å². The Bertz CT molecular complexity index is 588. The number of phenolic OH excluding ortho intramolecular Hbond substituents is 1. The summed E-state index contributed by atoms with van der Waals surface area (Å²) in [5.41, 5.74) is 6.84. The molecule has 0 amide bonds. The molecule has 0 heterocycles. The van der Waals surface area contributed by atoms with E-state index < -0.39 is 0 Å². The molecule has 0 spiro atoms. The minimum atomic E-state index is 0.0115. The van der Waals surface area contributed by atoms with Crippen molar-refractivity contribution in [1.29, 1.82) is 0 Å². The first-order chi connectivity index (χ1) is 13.5. The van der Waals surface area contributed by atoms with Crippen molar-refractivity contribution in [3.63, 3.8) is 0 Å².